The van der Waals surface area contributed by atoms with Crippen LogP contribution in [0.2, 0.25) is 5.15 Å². The van der Waals surface area contributed by atoms with Crippen molar-refractivity contribution in [3.05, 3.63) is 52.1 Å². The highest BCUT2D eigenvalue weighted by atomic mass is 35.5. The monoisotopic (exact) mass is 361 g/mol. The third-order valence-electron chi connectivity index (χ3n) is 3.48. The van der Waals surface area contributed by atoms with Crippen LogP contribution >= 0.6 is 11.6 Å². The highest BCUT2D eigenvalue weighted by Crippen LogP contribution is 2.26. The summed E-state index contributed by atoms with van der Waals surface area (Å²) in [4.78, 5) is 12.0. The third-order valence-corrected chi connectivity index (χ3v) is 3.84. The van der Waals surface area contributed by atoms with E-state index in [9.17, 15) is 14.4 Å². The van der Waals surface area contributed by atoms with E-state index in [1.807, 2.05) is 13.0 Å². The average molecular weight is 362 g/mol. The first kappa shape index (κ1) is 18.7. The molecule has 0 unspecified atom stereocenters. The Labute approximate surface area is 150 Å². The molecule has 1 aromatic heterocycles. The van der Waals surface area contributed by atoms with Gasteiger partial charge in [0.05, 0.1) is 18.0 Å². The minimum atomic E-state index is -0.694. The molecule has 0 spiro atoms. The summed E-state index contributed by atoms with van der Waals surface area (Å²) in [7, 11) is 0. The number of nitriles is 1. The summed E-state index contributed by atoms with van der Waals surface area (Å²) in [5.41, 5.74) is 1.39. The highest BCUT2D eigenvalue weighted by Gasteiger charge is 2.17. The van der Waals surface area contributed by atoms with E-state index in [1.54, 1.807) is 6.92 Å². The Bertz CT molecular complexity index is 835. The predicted molar refractivity (Wildman–Crippen MR) is 92.7 cm³/mol. The zero-order chi connectivity index (χ0) is 18.4. The Hall–Kier alpha value is -2.65. The van der Waals surface area contributed by atoms with Crippen molar-refractivity contribution in [1.82, 2.24) is 9.78 Å². The lowest BCUT2D eigenvalue weighted by Gasteiger charge is -2.03. The second-order valence-electron chi connectivity index (χ2n) is 5.34. The number of aryl methyl sites for hydroxylation is 1. The summed E-state index contributed by atoms with van der Waals surface area (Å²) in [6.45, 7) is 3.94. The molecule has 2 aromatic rings. The number of benzene rings is 1. The van der Waals surface area contributed by atoms with Gasteiger partial charge in [-0.2, -0.15) is 10.4 Å². The number of hydrogen-bond donors (Lipinski definition) is 0. The molecule has 0 bridgehead atoms. The molecule has 0 atom stereocenters. The van der Waals surface area contributed by atoms with Crippen molar-refractivity contribution >= 4 is 23.6 Å². The van der Waals surface area contributed by atoms with E-state index in [4.69, 9.17) is 16.3 Å². The number of carbonyl (C=O) groups is 1. The molecule has 0 saturated carbocycles. The first-order valence-electron chi connectivity index (χ1n) is 7.78. The Morgan fingerprint density at radius 2 is 2.12 bits per heavy atom. The summed E-state index contributed by atoms with van der Waals surface area (Å²) in [5.74, 6) is -1.06. The number of nitrogens with zero attached hydrogens (tertiary/aromatic N) is 3. The van der Waals surface area contributed by atoms with Crippen molar-refractivity contribution in [1.29, 1.82) is 5.26 Å². The molecule has 0 aliphatic carbocycles. The van der Waals surface area contributed by atoms with E-state index in [0.717, 1.165) is 12.8 Å². The minimum Gasteiger partial charge on any atom is -0.462 e. The van der Waals surface area contributed by atoms with Crippen molar-refractivity contribution in [3.63, 3.8) is 0 Å². The van der Waals surface area contributed by atoms with Gasteiger partial charge in [-0.1, -0.05) is 24.9 Å². The van der Waals surface area contributed by atoms with Gasteiger partial charge < -0.3 is 4.74 Å². The van der Waals surface area contributed by atoms with Crippen LogP contribution in [0.4, 0.5) is 4.39 Å². The summed E-state index contributed by atoms with van der Waals surface area (Å²) < 4.78 is 19.5. The summed E-state index contributed by atoms with van der Waals surface area (Å²) in [5, 5.41) is 13.7. The first-order valence-corrected chi connectivity index (χ1v) is 8.15. The van der Waals surface area contributed by atoms with Crippen molar-refractivity contribution in [2.75, 3.05) is 6.61 Å². The molecule has 0 N–H and O–H groups in total. The van der Waals surface area contributed by atoms with Gasteiger partial charge in [0, 0.05) is 5.56 Å². The molecule has 0 aliphatic heterocycles. The van der Waals surface area contributed by atoms with E-state index in [2.05, 4.69) is 5.10 Å². The van der Waals surface area contributed by atoms with Crippen molar-refractivity contribution in [3.8, 4) is 11.8 Å². The van der Waals surface area contributed by atoms with Crippen LogP contribution in [0.25, 0.3) is 11.8 Å². The standard InChI is InChI=1S/C18H17ClFN3O2/c1-3-4-9-25-18(24)13(11-21)10-16-12(2)22-23(17(16)19)15-7-5-14(20)6-8-15/h5-8,10H,3-4,9H2,1-2H3/b13-10+. The van der Waals surface area contributed by atoms with E-state index >= 15 is 0 Å². The Kier molecular flexibility index (Phi) is 6.31. The van der Waals surface area contributed by atoms with Crippen LogP contribution in [0.5, 0.6) is 0 Å². The SMILES string of the molecule is CCCCOC(=O)/C(C#N)=C/c1c(C)nn(-c2ccc(F)cc2)c1Cl. The maximum absolute atomic E-state index is 13.1. The van der Waals surface area contributed by atoms with Gasteiger partial charge in [0.25, 0.3) is 0 Å². The van der Waals surface area contributed by atoms with E-state index in [1.165, 1.54) is 35.0 Å². The molecule has 2 rings (SSSR count). The molecule has 0 saturated heterocycles. The maximum atomic E-state index is 13.1. The molecule has 5 nitrogen and oxygen atoms in total. The first-order chi connectivity index (χ1) is 12.0. The fraction of sp³-hybridized carbons (Fsp3) is 0.278. The largest absolute Gasteiger partial charge is 0.462 e. The van der Waals surface area contributed by atoms with E-state index in [-0.39, 0.29) is 23.2 Å². The molecule has 0 aliphatic rings. The van der Waals surface area contributed by atoms with Gasteiger partial charge in [-0.3, -0.25) is 0 Å². The molecule has 1 heterocycles. The van der Waals surface area contributed by atoms with Gasteiger partial charge >= 0.3 is 5.97 Å². The van der Waals surface area contributed by atoms with Gasteiger partial charge in [0.15, 0.2) is 0 Å². The highest BCUT2D eigenvalue weighted by molar-refractivity contribution is 6.31. The Morgan fingerprint density at radius 3 is 2.72 bits per heavy atom. The van der Waals surface area contributed by atoms with Gasteiger partial charge in [-0.15, -0.1) is 0 Å². The predicted octanol–water partition coefficient (Wildman–Crippen LogP) is 4.22. The maximum Gasteiger partial charge on any atom is 0.348 e. The van der Waals surface area contributed by atoms with Crippen molar-refractivity contribution in [2.45, 2.75) is 26.7 Å². The molecule has 0 fully saturated rings. The summed E-state index contributed by atoms with van der Waals surface area (Å²) in [6, 6.07) is 7.49. The third kappa shape index (κ3) is 4.46. The summed E-state index contributed by atoms with van der Waals surface area (Å²) in [6.07, 6.45) is 2.97. The molecule has 7 heteroatoms. The van der Waals surface area contributed by atoms with Crippen LogP contribution in [-0.2, 0) is 9.53 Å². The summed E-state index contributed by atoms with van der Waals surface area (Å²) >= 11 is 6.34. The van der Waals surface area contributed by atoms with Crippen LogP contribution in [0.1, 0.15) is 31.0 Å². The van der Waals surface area contributed by atoms with Gasteiger partial charge in [0.1, 0.15) is 22.6 Å². The number of aromatic nitrogens is 2. The van der Waals surface area contributed by atoms with Crippen LogP contribution in [0, 0.1) is 24.1 Å². The second kappa shape index (κ2) is 8.45. The van der Waals surface area contributed by atoms with Gasteiger partial charge in [-0.25, -0.2) is 13.9 Å². The minimum absolute atomic E-state index is 0.153. The number of unbranched alkanes of at least 4 members (excludes halogenated alkanes) is 1. The molecule has 0 amide bonds. The average Bonchev–Trinajstić information content (AvgIpc) is 2.88. The smallest absolute Gasteiger partial charge is 0.348 e. The lowest BCUT2D eigenvalue weighted by molar-refractivity contribution is -0.138. The molecule has 25 heavy (non-hydrogen) atoms. The topological polar surface area (TPSA) is 67.9 Å². The van der Waals surface area contributed by atoms with Crippen LogP contribution in [0.3, 0.4) is 0 Å². The zero-order valence-electron chi connectivity index (χ0n) is 13.9. The van der Waals surface area contributed by atoms with Crippen LogP contribution in [0.15, 0.2) is 29.8 Å². The number of esters is 1. The van der Waals surface area contributed by atoms with E-state index < -0.39 is 5.97 Å². The number of rotatable bonds is 6. The molecular formula is C18H17ClFN3O2. The zero-order valence-corrected chi connectivity index (χ0v) is 14.7. The Morgan fingerprint density at radius 1 is 1.44 bits per heavy atom. The number of carbonyl (C=O) groups excluding carboxylic acids is 1. The fourth-order valence-electron chi connectivity index (χ4n) is 2.10. The fourth-order valence-corrected chi connectivity index (χ4v) is 2.42. The van der Waals surface area contributed by atoms with Crippen LogP contribution in [-0.4, -0.2) is 22.4 Å². The number of halogens is 2. The normalized spacial score (nSPS) is 11.2. The number of hydrogen-bond acceptors (Lipinski definition) is 4. The Balaban J connectivity index is 2.34. The van der Waals surface area contributed by atoms with E-state index in [0.29, 0.717) is 16.9 Å². The number of ether oxygens (including phenoxy) is 1. The van der Waals surface area contributed by atoms with Crippen molar-refractivity contribution < 1.29 is 13.9 Å². The lowest BCUT2D eigenvalue weighted by Crippen LogP contribution is -2.07. The quantitative estimate of drug-likeness (QED) is 0.334. The van der Waals surface area contributed by atoms with Gasteiger partial charge in [-0.05, 0) is 43.7 Å². The van der Waals surface area contributed by atoms with Gasteiger partial charge in [0.2, 0.25) is 0 Å². The molecule has 1 aromatic carbocycles. The lowest BCUT2D eigenvalue weighted by atomic mass is 10.1. The second-order valence-corrected chi connectivity index (χ2v) is 5.70. The molecule has 130 valence electrons. The molecular weight excluding hydrogens is 345 g/mol. The molecule has 0 radical (unpaired) electrons. The van der Waals surface area contributed by atoms with Crippen LogP contribution < -0.4 is 0 Å². The van der Waals surface area contributed by atoms with Crippen molar-refractivity contribution in [2.24, 2.45) is 0 Å².